The number of hydrogen-bond acceptors (Lipinski definition) is 4. The van der Waals surface area contributed by atoms with E-state index in [2.05, 4.69) is 18.8 Å². The van der Waals surface area contributed by atoms with Crippen molar-refractivity contribution in [1.82, 2.24) is 9.55 Å². The van der Waals surface area contributed by atoms with Crippen LogP contribution in [0.2, 0.25) is 0 Å². The molecule has 0 spiro atoms. The van der Waals surface area contributed by atoms with E-state index in [1.54, 1.807) is 17.0 Å². The molecular formula is C12H22N4O. The Morgan fingerprint density at radius 2 is 2.18 bits per heavy atom. The van der Waals surface area contributed by atoms with Crippen LogP contribution in [0.25, 0.3) is 0 Å². The maximum absolute atomic E-state index is 12.0. The maximum atomic E-state index is 12.0. The van der Waals surface area contributed by atoms with Crippen molar-refractivity contribution in [1.29, 1.82) is 0 Å². The molecular weight excluding hydrogens is 216 g/mol. The summed E-state index contributed by atoms with van der Waals surface area (Å²) in [5, 5.41) is 0. The number of aromatic nitrogens is 2. The predicted octanol–water partition coefficient (Wildman–Crippen LogP) is 0.684. The van der Waals surface area contributed by atoms with Gasteiger partial charge >= 0.3 is 0 Å². The maximum Gasteiger partial charge on any atom is 0.293 e. The van der Waals surface area contributed by atoms with E-state index in [0.29, 0.717) is 25.5 Å². The van der Waals surface area contributed by atoms with E-state index in [1.165, 1.54) is 0 Å². The molecule has 2 N–H and O–H groups in total. The molecule has 5 nitrogen and oxygen atoms in total. The standard InChI is InChI=1S/C12H22N4O/c1-5-16-7-6-14-10(11(16)17)15(4)9-12(2,3)8-13/h6-7H,5,8-9,13H2,1-4H3. The van der Waals surface area contributed by atoms with E-state index in [0.717, 1.165) is 0 Å². The van der Waals surface area contributed by atoms with Crippen molar-refractivity contribution in [2.24, 2.45) is 11.1 Å². The van der Waals surface area contributed by atoms with Crippen LogP contribution in [0.4, 0.5) is 5.82 Å². The Labute approximate surface area is 102 Å². The summed E-state index contributed by atoms with van der Waals surface area (Å²) in [6.45, 7) is 8.03. The van der Waals surface area contributed by atoms with Gasteiger partial charge in [0.25, 0.3) is 5.56 Å². The Balaban J connectivity index is 2.97. The van der Waals surface area contributed by atoms with Crippen molar-refractivity contribution < 1.29 is 0 Å². The summed E-state index contributed by atoms with van der Waals surface area (Å²) < 4.78 is 1.65. The van der Waals surface area contributed by atoms with E-state index in [4.69, 9.17) is 5.73 Å². The highest BCUT2D eigenvalue weighted by Gasteiger charge is 2.20. The summed E-state index contributed by atoms with van der Waals surface area (Å²) in [6, 6.07) is 0. The number of aryl methyl sites for hydroxylation is 1. The zero-order valence-corrected chi connectivity index (χ0v) is 11.1. The monoisotopic (exact) mass is 238 g/mol. The molecule has 1 aromatic heterocycles. The van der Waals surface area contributed by atoms with E-state index < -0.39 is 0 Å². The highest BCUT2D eigenvalue weighted by atomic mass is 16.1. The fraction of sp³-hybridized carbons (Fsp3) is 0.667. The van der Waals surface area contributed by atoms with E-state index in [-0.39, 0.29) is 11.0 Å². The second-order valence-corrected chi connectivity index (χ2v) is 5.07. The molecule has 0 amide bonds. The third-order valence-electron chi connectivity index (χ3n) is 2.82. The van der Waals surface area contributed by atoms with Gasteiger partial charge in [-0.2, -0.15) is 0 Å². The average molecular weight is 238 g/mol. The smallest absolute Gasteiger partial charge is 0.293 e. The largest absolute Gasteiger partial charge is 0.355 e. The number of hydrogen-bond donors (Lipinski definition) is 1. The van der Waals surface area contributed by atoms with Gasteiger partial charge in [-0.05, 0) is 18.9 Å². The molecule has 0 aliphatic heterocycles. The normalized spacial score (nSPS) is 11.6. The molecule has 0 saturated heterocycles. The van der Waals surface area contributed by atoms with Gasteiger partial charge in [0.15, 0.2) is 5.82 Å². The third-order valence-corrected chi connectivity index (χ3v) is 2.82. The molecule has 17 heavy (non-hydrogen) atoms. The Kier molecular flexibility index (Phi) is 4.28. The van der Waals surface area contributed by atoms with Gasteiger partial charge in [0.1, 0.15) is 0 Å². The lowest BCUT2D eigenvalue weighted by Crippen LogP contribution is -2.40. The Hall–Kier alpha value is -1.36. The van der Waals surface area contributed by atoms with Crippen LogP contribution >= 0.6 is 0 Å². The van der Waals surface area contributed by atoms with Crippen molar-refractivity contribution >= 4 is 5.82 Å². The van der Waals surface area contributed by atoms with Crippen LogP contribution in [0.5, 0.6) is 0 Å². The molecule has 0 aliphatic rings. The molecule has 1 rings (SSSR count). The molecule has 0 radical (unpaired) electrons. The molecule has 1 heterocycles. The Bertz CT molecular complexity index is 425. The topological polar surface area (TPSA) is 64.2 Å². The van der Waals surface area contributed by atoms with E-state index in [9.17, 15) is 4.79 Å². The second-order valence-electron chi connectivity index (χ2n) is 5.07. The average Bonchev–Trinajstić information content (AvgIpc) is 2.28. The fourth-order valence-corrected chi connectivity index (χ4v) is 1.73. The lowest BCUT2D eigenvalue weighted by molar-refractivity contribution is 0.383. The molecule has 0 saturated carbocycles. The fourth-order valence-electron chi connectivity index (χ4n) is 1.73. The predicted molar refractivity (Wildman–Crippen MR) is 70.3 cm³/mol. The third kappa shape index (κ3) is 3.30. The molecule has 0 unspecified atom stereocenters. The minimum absolute atomic E-state index is 0.0320. The quantitative estimate of drug-likeness (QED) is 0.819. The molecule has 0 aliphatic carbocycles. The molecule has 0 aromatic carbocycles. The van der Waals surface area contributed by atoms with Gasteiger partial charge < -0.3 is 15.2 Å². The number of nitrogens with zero attached hydrogens (tertiary/aromatic N) is 3. The first kappa shape index (κ1) is 13.7. The molecule has 0 bridgehead atoms. The van der Waals surface area contributed by atoms with Crippen LogP contribution in [-0.2, 0) is 6.54 Å². The zero-order valence-electron chi connectivity index (χ0n) is 11.1. The Morgan fingerprint density at radius 1 is 1.53 bits per heavy atom. The highest BCUT2D eigenvalue weighted by Crippen LogP contribution is 2.15. The first-order chi connectivity index (χ1) is 7.91. The Morgan fingerprint density at radius 3 is 2.71 bits per heavy atom. The lowest BCUT2D eigenvalue weighted by Gasteiger charge is -2.29. The number of anilines is 1. The lowest BCUT2D eigenvalue weighted by atomic mass is 9.93. The molecule has 5 heteroatoms. The van der Waals surface area contributed by atoms with Crippen LogP contribution in [0.3, 0.4) is 0 Å². The number of rotatable bonds is 5. The first-order valence-electron chi connectivity index (χ1n) is 5.88. The highest BCUT2D eigenvalue weighted by molar-refractivity contribution is 5.34. The van der Waals surface area contributed by atoms with Gasteiger partial charge in [0, 0.05) is 32.5 Å². The van der Waals surface area contributed by atoms with Crippen LogP contribution in [0.1, 0.15) is 20.8 Å². The molecule has 1 aromatic rings. The minimum Gasteiger partial charge on any atom is -0.355 e. The summed E-state index contributed by atoms with van der Waals surface area (Å²) in [6.07, 6.45) is 3.36. The molecule has 0 atom stereocenters. The van der Waals surface area contributed by atoms with Crippen molar-refractivity contribution in [3.05, 3.63) is 22.7 Å². The van der Waals surface area contributed by atoms with Crippen LogP contribution in [-0.4, -0.2) is 29.7 Å². The molecule has 96 valence electrons. The van der Waals surface area contributed by atoms with Crippen molar-refractivity contribution in [3.63, 3.8) is 0 Å². The summed E-state index contributed by atoms with van der Waals surface area (Å²) in [5.41, 5.74) is 5.61. The minimum atomic E-state index is -0.0506. The summed E-state index contributed by atoms with van der Waals surface area (Å²) in [4.78, 5) is 18.1. The van der Waals surface area contributed by atoms with E-state index in [1.807, 2.05) is 18.9 Å². The van der Waals surface area contributed by atoms with Crippen molar-refractivity contribution in [3.8, 4) is 0 Å². The van der Waals surface area contributed by atoms with Crippen LogP contribution < -0.4 is 16.2 Å². The van der Waals surface area contributed by atoms with Gasteiger partial charge in [0.2, 0.25) is 0 Å². The molecule has 0 fully saturated rings. The summed E-state index contributed by atoms with van der Waals surface area (Å²) in [5.74, 6) is 0.482. The van der Waals surface area contributed by atoms with E-state index >= 15 is 0 Å². The summed E-state index contributed by atoms with van der Waals surface area (Å²) >= 11 is 0. The van der Waals surface area contributed by atoms with Gasteiger partial charge in [-0.25, -0.2) is 4.98 Å². The van der Waals surface area contributed by atoms with Gasteiger partial charge in [-0.15, -0.1) is 0 Å². The van der Waals surface area contributed by atoms with Crippen LogP contribution in [0, 0.1) is 5.41 Å². The van der Waals surface area contributed by atoms with Crippen molar-refractivity contribution in [2.45, 2.75) is 27.3 Å². The van der Waals surface area contributed by atoms with Crippen LogP contribution in [0.15, 0.2) is 17.2 Å². The second kappa shape index (κ2) is 5.31. The van der Waals surface area contributed by atoms with Gasteiger partial charge in [-0.3, -0.25) is 4.79 Å². The number of nitrogens with two attached hydrogens (primary N) is 1. The first-order valence-corrected chi connectivity index (χ1v) is 5.88. The van der Waals surface area contributed by atoms with Gasteiger partial charge in [-0.1, -0.05) is 13.8 Å². The van der Waals surface area contributed by atoms with Gasteiger partial charge in [0.05, 0.1) is 0 Å². The summed E-state index contributed by atoms with van der Waals surface area (Å²) in [7, 11) is 1.88. The SMILES string of the molecule is CCn1ccnc(N(C)CC(C)(C)CN)c1=O. The van der Waals surface area contributed by atoms with Crippen molar-refractivity contribution in [2.75, 3.05) is 25.0 Å². The zero-order chi connectivity index (χ0) is 13.1.